The molecule has 1 aromatic carbocycles. The van der Waals surface area contributed by atoms with Crippen molar-refractivity contribution in [2.45, 2.75) is 84.1 Å². The van der Waals surface area contributed by atoms with Gasteiger partial charge in [-0.05, 0) is 69.7 Å². The van der Waals surface area contributed by atoms with E-state index in [4.69, 9.17) is 4.74 Å². The highest BCUT2D eigenvalue weighted by Gasteiger charge is 2.75. The van der Waals surface area contributed by atoms with Gasteiger partial charge in [-0.25, -0.2) is 0 Å². The molecule has 2 unspecified atom stereocenters. The molecule has 3 amide bonds. The molecule has 2 bridgehead atoms. The molecule has 3 aliphatic rings. The molecule has 9 nitrogen and oxygen atoms in total. The summed E-state index contributed by atoms with van der Waals surface area (Å²) in [6.45, 7) is 20.7. The van der Waals surface area contributed by atoms with Crippen molar-refractivity contribution in [3.8, 4) is 0 Å². The molecule has 6 atom stereocenters. The standard InChI is InChI=1S/C35H52N4O5/c1-8-19-37(20-9-2)32(41)29-28-17-18-35(44-28)30(29)33(42)39(27(23-40)22-24(6)7)31(35)34(43)38(21-10-3)26-15-13-25(14-16-26)36(11-4)12-5/h8,10,13-16,24,27-31,40H,1,3,9,11-12,17-23H2,2,4-7H3/t27-,28-,29+,30+,31?,35?/m1/s1. The first-order valence-corrected chi connectivity index (χ1v) is 16.4. The van der Waals surface area contributed by atoms with Crippen LogP contribution in [0.25, 0.3) is 0 Å². The van der Waals surface area contributed by atoms with E-state index in [0.29, 0.717) is 38.0 Å². The molecule has 9 heteroatoms. The van der Waals surface area contributed by atoms with Gasteiger partial charge in [-0.2, -0.15) is 0 Å². The second-order valence-corrected chi connectivity index (χ2v) is 12.8. The van der Waals surface area contributed by atoms with Crippen LogP contribution in [0.3, 0.4) is 0 Å². The molecule has 3 heterocycles. The van der Waals surface area contributed by atoms with Crippen LogP contribution in [0.2, 0.25) is 0 Å². The fraction of sp³-hybridized carbons (Fsp3) is 0.629. The minimum Gasteiger partial charge on any atom is -0.394 e. The SMILES string of the molecule is C=CCN(CCC)C(=O)[C@@H]1[C@H]2C(=O)N([C@@H](CO)CC(C)C)C(C(=O)N(CC=C)c3ccc(N(CC)CC)cc3)C23CC[C@H]1O3. The van der Waals surface area contributed by atoms with Gasteiger partial charge in [-0.1, -0.05) is 32.9 Å². The zero-order valence-electron chi connectivity index (χ0n) is 27.3. The zero-order valence-corrected chi connectivity index (χ0v) is 27.3. The summed E-state index contributed by atoms with van der Waals surface area (Å²) in [5.74, 6) is -1.96. The number of amides is 3. The summed E-state index contributed by atoms with van der Waals surface area (Å²) in [7, 11) is 0. The van der Waals surface area contributed by atoms with E-state index >= 15 is 0 Å². The average Bonchev–Trinajstić information content (AvgIpc) is 3.66. The van der Waals surface area contributed by atoms with Crippen LogP contribution in [0.15, 0.2) is 49.6 Å². The molecule has 1 aromatic rings. The number of aliphatic hydroxyl groups excluding tert-OH is 1. The van der Waals surface area contributed by atoms with Crippen molar-refractivity contribution >= 4 is 29.1 Å². The molecule has 1 N–H and O–H groups in total. The van der Waals surface area contributed by atoms with Gasteiger partial charge in [0.2, 0.25) is 11.8 Å². The highest BCUT2D eigenvalue weighted by atomic mass is 16.5. The third kappa shape index (κ3) is 5.93. The normalized spacial score (nSPS) is 26.1. The second kappa shape index (κ2) is 14.3. The first-order valence-electron chi connectivity index (χ1n) is 16.4. The van der Waals surface area contributed by atoms with Gasteiger partial charge in [-0.15, -0.1) is 13.2 Å². The molecule has 4 rings (SSSR count). The number of hydrogen-bond acceptors (Lipinski definition) is 6. The van der Waals surface area contributed by atoms with Crippen LogP contribution in [0.1, 0.15) is 60.3 Å². The third-order valence-corrected chi connectivity index (χ3v) is 9.63. The van der Waals surface area contributed by atoms with E-state index in [2.05, 4.69) is 31.9 Å². The molecule has 0 saturated carbocycles. The number of rotatable bonds is 16. The Hall–Kier alpha value is -3.17. The molecule has 3 fully saturated rings. The topological polar surface area (TPSA) is 93.6 Å². The van der Waals surface area contributed by atoms with E-state index in [-0.39, 0.29) is 36.8 Å². The lowest BCUT2D eigenvalue weighted by molar-refractivity contribution is -0.147. The van der Waals surface area contributed by atoms with Gasteiger partial charge in [0.25, 0.3) is 5.91 Å². The van der Waals surface area contributed by atoms with Gasteiger partial charge in [0.05, 0.1) is 30.6 Å². The van der Waals surface area contributed by atoms with E-state index < -0.39 is 35.6 Å². The number of ether oxygens (including phenoxy) is 1. The summed E-state index contributed by atoms with van der Waals surface area (Å²) in [4.78, 5) is 50.7. The summed E-state index contributed by atoms with van der Waals surface area (Å²) in [6.07, 6.45) is 5.35. The summed E-state index contributed by atoms with van der Waals surface area (Å²) in [5, 5.41) is 10.6. The van der Waals surface area contributed by atoms with Crippen molar-refractivity contribution in [1.29, 1.82) is 0 Å². The number of anilines is 2. The first kappa shape index (κ1) is 33.7. The number of benzene rings is 1. The predicted molar refractivity (Wildman–Crippen MR) is 174 cm³/mol. The second-order valence-electron chi connectivity index (χ2n) is 12.8. The molecule has 3 saturated heterocycles. The summed E-state index contributed by atoms with van der Waals surface area (Å²) >= 11 is 0. The average molecular weight is 609 g/mol. The van der Waals surface area contributed by atoms with Crippen LogP contribution < -0.4 is 9.80 Å². The molecule has 0 aliphatic carbocycles. The maximum atomic E-state index is 14.9. The van der Waals surface area contributed by atoms with Gasteiger partial charge in [0, 0.05) is 44.1 Å². The Balaban J connectivity index is 1.79. The van der Waals surface area contributed by atoms with Crippen LogP contribution in [0.4, 0.5) is 11.4 Å². The maximum absolute atomic E-state index is 14.9. The van der Waals surface area contributed by atoms with Crippen molar-refractivity contribution < 1.29 is 24.2 Å². The third-order valence-electron chi connectivity index (χ3n) is 9.63. The Bertz CT molecular complexity index is 1200. The van der Waals surface area contributed by atoms with E-state index in [9.17, 15) is 19.5 Å². The highest BCUT2D eigenvalue weighted by Crippen LogP contribution is 2.59. The van der Waals surface area contributed by atoms with Crippen LogP contribution in [-0.4, -0.2) is 95.7 Å². The fourth-order valence-corrected chi connectivity index (χ4v) is 7.83. The molecule has 3 aliphatic heterocycles. The van der Waals surface area contributed by atoms with Gasteiger partial charge in [0.15, 0.2) is 0 Å². The Kier molecular flexibility index (Phi) is 10.9. The number of nitrogens with zero attached hydrogens (tertiary/aromatic N) is 4. The monoisotopic (exact) mass is 608 g/mol. The van der Waals surface area contributed by atoms with Crippen molar-refractivity contribution in [3.05, 3.63) is 49.6 Å². The first-order chi connectivity index (χ1) is 21.1. The summed E-state index contributed by atoms with van der Waals surface area (Å²) < 4.78 is 6.70. The van der Waals surface area contributed by atoms with E-state index in [0.717, 1.165) is 25.2 Å². The lowest BCUT2D eigenvalue weighted by Crippen LogP contribution is -2.59. The van der Waals surface area contributed by atoms with Crippen LogP contribution in [0, 0.1) is 17.8 Å². The molecule has 44 heavy (non-hydrogen) atoms. The number of likely N-dealkylation sites (tertiary alicyclic amines) is 1. The number of aliphatic hydroxyl groups is 1. The van der Waals surface area contributed by atoms with Crippen molar-refractivity contribution in [2.24, 2.45) is 17.8 Å². The maximum Gasteiger partial charge on any atom is 0.253 e. The van der Waals surface area contributed by atoms with Crippen LogP contribution in [0.5, 0.6) is 0 Å². The molecular formula is C35H52N4O5. The Labute approximate surface area is 263 Å². The van der Waals surface area contributed by atoms with Crippen LogP contribution >= 0.6 is 0 Å². The lowest BCUT2D eigenvalue weighted by Gasteiger charge is -2.39. The zero-order chi connectivity index (χ0) is 32.2. The Morgan fingerprint density at radius 3 is 2.25 bits per heavy atom. The van der Waals surface area contributed by atoms with E-state index in [1.807, 2.05) is 45.0 Å². The van der Waals surface area contributed by atoms with Gasteiger partial charge in [0.1, 0.15) is 11.6 Å². The number of fused-ring (bicyclic) bond motifs is 1. The number of carbonyl (C=O) groups is 3. The van der Waals surface area contributed by atoms with Gasteiger partial charge in [-0.3, -0.25) is 14.4 Å². The van der Waals surface area contributed by atoms with Gasteiger partial charge >= 0.3 is 0 Å². The lowest BCUT2D eigenvalue weighted by atomic mass is 9.70. The number of carbonyl (C=O) groups excluding carboxylic acids is 3. The highest BCUT2D eigenvalue weighted by molar-refractivity contribution is 6.05. The molecule has 0 aromatic heterocycles. The van der Waals surface area contributed by atoms with Crippen LogP contribution in [-0.2, 0) is 19.1 Å². The van der Waals surface area contributed by atoms with E-state index in [1.54, 1.807) is 26.9 Å². The van der Waals surface area contributed by atoms with E-state index in [1.165, 1.54) is 0 Å². The fourth-order valence-electron chi connectivity index (χ4n) is 7.83. The number of hydrogen-bond donors (Lipinski definition) is 1. The summed E-state index contributed by atoms with van der Waals surface area (Å²) in [6, 6.07) is 6.33. The minimum absolute atomic E-state index is 0.121. The molecular weight excluding hydrogens is 556 g/mol. The smallest absolute Gasteiger partial charge is 0.253 e. The van der Waals surface area contributed by atoms with Crippen molar-refractivity contribution in [3.63, 3.8) is 0 Å². The largest absolute Gasteiger partial charge is 0.394 e. The summed E-state index contributed by atoms with van der Waals surface area (Å²) in [5.41, 5.74) is 0.618. The predicted octanol–water partition coefficient (Wildman–Crippen LogP) is 4.26. The molecule has 242 valence electrons. The van der Waals surface area contributed by atoms with Crippen molar-refractivity contribution in [1.82, 2.24) is 9.80 Å². The van der Waals surface area contributed by atoms with Gasteiger partial charge < -0.3 is 29.4 Å². The molecule has 0 radical (unpaired) electrons. The molecule has 1 spiro atoms. The minimum atomic E-state index is -1.14. The Morgan fingerprint density at radius 2 is 1.70 bits per heavy atom. The van der Waals surface area contributed by atoms with Crippen molar-refractivity contribution in [2.75, 3.05) is 49.1 Å². The quantitative estimate of drug-likeness (QED) is 0.282. The Morgan fingerprint density at radius 1 is 1.07 bits per heavy atom.